The van der Waals surface area contributed by atoms with Crippen molar-refractivity contribution >= 4 is 25.0 Å². The molecule has 2 aromatic carbocycles. The number of hydrogen-bond donors (Lipinski definition) is 0. The Bertz CT molecular complexity index is 990. The van der Waals surface area contributed by atoms with Crippen LogP contribution >= 0.6 is 0 Å². The van der Waals surface area contributed by atoms with E-state index in [1.54, 1.807) is 12.1 Å². The molecule has 0 amide bonds. The lowest BCUT2D eigenvalue weighted by Gasteiger charge is -2.13. The van der Waals surface area contributed by atoms with Crippen LogP contribution < -0.4 is 9.47 Å². The van der Waals surface area contributed by atoms with Crippen molar-refractivity contribution in [3.05, 3.63) is 102 Å². The van der Waals surface area contributed by atoms with Gasteiger partial charge in [0.15, 0.2) is 12.4 Å². The second-order valence-electron chi connectivity index (χ2n) is 6.82. The van der Waals surface area contributed by atoms with E-state index < -0.39 is 13.5 Å². The smallest absolute Gasteiger partial charge is 0.418 e. The second-order valence-corrected chi connectivity index (χ2v) is 6.82. The van der Waals surface area contributed by atoms with Gasteiger partial charge in [-0.05, 0) is 23.8 Å². The highest BCUT2D eigenvalue weighted by molar-refractivity contribution is 6.50. The number of anilines is 1. The van der Waals surface area contributed by atoms with Crippen molar-refractivity contribution < 1.29 is 31.4 Å². The van der Waals surface area contributed by atoms with Crippen LogP contribution in [0.2, 0.25) is 0 Å². The van der Waals surface area contributed by atoms with Crippen LogP contribution in [0.15, 0.2) is 91.3 Å². The van der Waals surface area contributed by atoms with Gasteiger partial charge in [-0.2, -0.15) is 4.57 Å². The van der Waals surface area contributed by atoms with Gasteiger partial charge in [0.25, 0.3) is 0 Å². The summed E-state index contributed by atoms with van der Waals surface area (Å²) in [5.74, 6) is -0.359. The molecule has 0 saturated heterocycles. The molecule has 1 aromatic heterocycles. The molecule has 3 aromatic rings. The zero-order chi connectivity index (χ0) is 23.6. The average molecular weight is 446 g/mol. The maximum atomic E-state index is 12.5. The number of carbonyl (C=O) groups excluding carboxylic acids is 1. The molecule has 0 aliphatic heterocycles. The van der Waals surface area contributed by atoms with Gasteiger partial charge in [-0.3, -0.25) is 0 Å². The van der Waals surface area contributed by atoms with Gasteiger partial charge in [0.2, 0.25) is 0 Å². The summed E-state index contributed by atoms with van der Waals surface area (Å²) < 4.78 is 46.6. The summed E-state index contributed by atoms with van der Waals surface area (Å²) >= 11 is 0. The molecule has 0 saturated carbocycles. The van der Waals surface area contributed by atoms with Crippen LogP contribution in [0.3, 0.4) is 0 Å². The summed E-state index contributed by atoms with van der Waals surface area (Å²) in [7, 11) is -2.02. The Morgan fingerprint density at radius 2 is 1.41 bits per heavy atom. The van der Waals surface area contributed by atoms with Gasteiger partial charge < -0.3 is 26.9 Å². The molecule has 1 heterocycles. The summed E-state index contributed by atoms with van der Waals surface area (Å²) in [5, 5.41) is 0. The molecule has 0 fully saturated rings. The zero-order valence-electron chi connectivity index (χ0n) is 17.6. The third kappa shape index (κ3) is 9.03. The fraction of sp³-hybridized carbons (Fsp3) is 0.130. The highest BCUT2D eigenvalue weighted by atomic mass is 19.5. The minimum absolute atomic E-state index is 0.359. The topological polar surface area (TPSA) is 33.4 Å². The summed E-state index contributed by atoms with van der Waals surface area (Å²) in [6, 6.07) is 22.9. The van der Waals surface area contributed by atoms with Crippen LogP contribution in [0, 0.1) is 0 Å². The van der Waals surface area contributed by atoms with Crippen molar-refractivity contribution in [1.29, 1.82) is 0 Å². The number of benzene rings is 2. The highest BCUT2D eigenvalue weighted by Crippen LogP contribution is 2.13. The summed E-state index contributed by atoms with van der Waals surface area (Å²) in [5.41, 5.74) is 2.65. The van der Waals surface area contributed by atoms with Crippen LogP contribution in [0.4, 0.5) is 23.0 Å². The van der Waals surface area contributed by atoms with Crippen LogP contribution in [0.5, 0.6) is 0 Å². The number of pyridine rings is 1. The number of hydrogen-bond acceptors (Lipinski definition) is 3. The normalized spacial score (nSPS) is 11.9. The highest BCUT2D eigenvalue weighted by Gasteiger charge is 2.21. The number of esters is 1. The second kappa shape index (κ2) is 11.7. The minimum atomic E-state index is -6.00. The average Bonchev–Trinajstić information content (AvgIpc) is 2.76. The van der Waals surface area contributed by atoms with E-state index in [1.807, 2.05) is 109 Å². The lowest BCUT2D eigenvalue weighted by molar-refractivity contribution is -0.744. The number of rotatable bonds is 6. The van der Waals surface area contributed by atoms with E-state index in [0.717, 1.165) is 11.3 Å². The Morgan fingerprint density at radius 1 is 0.906 bits per heavy atom. The summed E-state index contributed by atoms with van der Waals surface area (Å²) in [4.78, 5) is 14.6. The third-order valence-corrected chi connectivity index (χ3v) is 4.14. The first-order chi connectivity index (χ1) is 15.1. The molecule has 0 aliphatic carbocycles. The third-order valence-electron chi connectivity index (χ3n) is 4.14. The van der Waals surface area contributed by atoms with Crippen LogP contribution in [-0.2, 0) is 4.74 Å². The van der Waals surface area contributed by atoms with E-state index in [9.17, 15) is 22.1 Å². The van der Waals surface area contributed by atoms with E-state index in [4.69, 9.17) is 4.74 Å². The molecular weight excluding hydrogens is 423 g/mol. The van der Waals surface area contributed by atoms with Crippen molar-refractivity contribution in [3.8, 4) is 0 Å². The van der Waals surface area contributed by atoms with Gasteiger partial charge in [-0.15, -0.1) is 0 Å². The van der Waals surface area contributed by atoms with Gasteiger partial charge in [0.05, 0.1) is 5.56 Å². The van der Waals surface area contributed by atoms with E-state index in [1.165, 1.54) is 0 Å². The molecule has 0 bridgehead atoms. The molecule has 4 nitrogen and oxygen atoms in total. The van der Waals surface area contributed by atoms with Gasteiger partial charge in [0, 0.05) is 38.0 Å². The fourth-order valence-electron chi connectivity index (χ4n) is 2.61. The zero-order valence-corrected chi connectivity index (χ0v) is 17.6. The maximum Gasteiger partial charge on any atom is 0.673 e. The number of aromatic nitrogens is 1. The van der Waals surface area contributed by atoms with E-state index in [0.29, 0.717) is 5.56 Å². The van der Waals surface area contributed by atoms with Crippen molar-refractivity contribution in [2.75, 3.05) is 19.0 Å². The first-order valence-electron chi connectivity index (χ1n) is 9.68. The van der Waals surface area contributed by atoms with E-state index >= 15 is 0 Å². The van der Waals surface area contributed by atoms with Crippen molar-refractivity contribution in [2.24, 2.45) is 0 Å². The van der Waals surface area contributed by atoms with Gasteiger partial charge in [0.1, 0.15) is 0 Å². The van der Waals surface area contributed by atoms with E-state index in [-0.39, 0.29) is 5.97 Å². The largest absolute Gasteiger partial charge is 0.673 e. The Hall–Kier alpha value is -3.62. The molecule has 0 aliphatic rings. The van der Waals surface area contributed by atoms with Crippen LogP contribution in [-0.4, -0.2) is 27.3 Å². The SMILES string of the molecule is CN(C)c1cc[n+](C(/C=C/c2ccccc2)OC(=O)c2ccccc2)cc1.F[B-](F)(F)F. The maximum absolute atomic E-state index is 12.5. The molecular formula is C23H23BF4N2O2. The van der Waals surface area contributed by atoms with E-state index in [2.05, 4.69) is 0 Å². The molecule has 0 radical (unpaired) electrons. The fourth-order valence-corrected chi connectivity index (χ4v) is 2.61. The van der Waals surface area contributed by atoms with Gasteiger partial charge in [-0.25, -0.2) is 4.79 Å². The minimum Gasteiger partial charge on any atom is -0.418 e. The molecule has 1 unspecified atom stereocenters. The number of halogens is 4. The molecule has 1 atom stereocenters. The first kappa shape index (κ1) is 24.7. The summed E-state index contributed by atoms with van der Waals surface area (Å²) in [6.45, 7) is 0. The molecule has 168 valence electrons. The van der Waals surface area contributed by atoms with Gasteiger partial charge in [-0.1, -0.05) is 48.5 Å². The standard InChI is InChI=1S/C23H23N2O2.BF4/c1-24(2)21-15-17-25(18-16-21)22(14-13-19-9-5-3-6-10-19)27-23(26)20-11-7-4-8-12-20;2-1(3,4)5/h3-18,22H,1-2H3;/q+1;-1/b14-13+;. The summed E-state index contributed by atoms with van der Waals surface area (Å²) in [6.07, 6.45) is 7.11. The first-order valence-corrected chi connectivity index (χ1v) is 9.68. The van der Waals surface area contributed by atoms with Crippen LogP contribution in [0.1, 0.15) is 22.1 Å². The number of ether oxygens (including phenoxy) is 1. The molecule has 0 N–H and O–H groups in total. The lowest BCUT2D eigenvalue weighted by Crippen LogP contribution is -2.40. The quantitative estimate of drug-likeness (QED) is 0.220. The van der Waals surface area contributed by atoms with Crippen molar-refractivity contribution in [1.82, 2.24) is 0 Å². The predicted molar refractivity (Wildman–Crippen MR) is 118 cm³/mol. The molecule has 3 rings (SSSR count). The Balaban J connectivity index is 0.000000654. The molecule has 9 heteroatoms. The predicted octanol–water partition coefficient (Wildman–Crippen LogP) is 5.41. The number of nitrogens with zero attached hydrogens (tertiary/aromatic N) is 2. The van der Waals surface area contributed by atoms with Crippen LogP contribution in [0.25, 0.3) is 6.08 Å². The Kier molecular flexibility index (Phi) is 9.01. The number of carbonyl (C=O) groups is 1. The Morgan fingerprint density at radius 3 is 1.91 bits per heavy atom. The molecule has 32 heavy (non-hydrogen) atoms. The molecule has 0 spiro atoms. The van der Waals surface area contributed by atoms with Crippen molar-refractivity contribution in [3.63, 3.8) is 0 Å². The van der Waals surface area contributed by atoms with Crippen molar-refractivity contribution in [2.45, 2.75) is 6.23 Å². The van der Waals surface area contributed by atoms with Gasteiger partial charge >= 0.3 is 19.5 Å². The lowest BCUT2D eigenvalue weighted by atomic mass is 10.2. The monoisotopic (exact) mass is 446 g/mol. The Labute approximate surface area is 184 Å².